The Kier molecular flexibility index (Phi) is 3.97. The summed E-state index contributed by atoms with van der Waals surface area (Å²) in [5, 5.41) is 7.59. The van der Waals surface area contributed by atoms with Crippen LogP contribution < -0.4 is 5.56 Å². The highest BCUT2D eigenvalue weighted by Gasteiger charge is 2.15. The third-order valence-electron chi connectivity index (χ3n) is 4.51. The number of H-pyrrole nitrogens is 2. The molecule has 0 amide bonds. The van der Waals surface area contributed by atoms with E-state index in [-0.39, 0.29) is 5.56 Å². The molecule has 1 aromatic carbocycles. The second-order valence-electron chi connectivity index (χ2n) is 6.28. The number of aromatic amines is 2. The lowest BCUT2D eigenvalue weighted by atomic mass is 9.94. The Hall–Kier alpha value is -3.47. The third-order valence-corrected chi connectivity index (χ3v) is 4.51. The molecule has 3 aromatic heterocycles. The summed E-state index contributed by atoms with van der Waals surface area (Å²) in [5.41, 5.74) is 8.29. The monoisotopic (exact) mass is 342 g/mol. The Morgan fingerprint density at radius 1 is 0.885 bits per heavy atom. The SMILES string of the molecule is Cc1cc(-c2c(-c3ccncc3)n[nH]c2C)ccc1-c1ccc(=O)[nH]c1. The fourth-order valence-corrected chi connectivity index (χ4v) is 3.22. The third kappa shape index (κ3) is 2.84. The molecular formula is C21H18N4O. The Bertz CT molecular complexity index is 1110. The van der Waals surface area contributed by atoms with Crippen LogP contribution in [-0.4, -0.2) is 20.2 Å². The molecule has 0 radical (unpaired) electrons. The largest absolute Gasteiger partial charge is 0.328 e. The van der Waals surface area contributed by atoms with E-state index in [4.69, 9.17) is 0 Å². The van der Waals surface area contributed by atoms with Gasteiger partial charge in [0.05, 0.1) is 0 Å². The van der Waals surface area contributed by atoms with Crippen molar-refractivity contribution in [1.29, 1.82) is 0 Å². The predicted molar refractivity (Wildman–Crippen MR) is 103 cm³/mol. The topological polar surface area (TPSA) is 74.4 Å². The lowest BCUT2D eigenvalue weighted by Gasteiger charge is -2.10. The number of aromatic nitrogens is 4. The van der Waals surface area contributed by atoms with Crippen molar-refractivity contribution in [2.24, 2.45) is 0 Å². The number of rotatable bonds is 3. The number of pyridine rings is 2. The molecule has 0 fully saturated rings. The highest BCUT2D eigenvalue weighted by Crippen LogP contribution is 2.35. The van der Waals surface area contributed by atoms with Gasteiger partial charge in [-0.1, -0.05) is 18.2 Å². The summed E-state index contributed by atoms with van der Waals surface area (Å²) in [5.74, 6) is 0. The van der Waals surface area contributed by atoms with Gasteiger partial charge in [-0.15, -0.1) is 0 Å². The van der Waals surface area contributed by atoms with E-state index in [1.54, 1.807) is 24.7 Å². The maximum absolute atomic E-state index is 11.3. The minimum atomic E-state index is -0.0981. The zero-order valence-electron chi connectivity index (χ0n) is 14.6. The standard InChI is InChI=1S/C21H18N4O/c1-13-11-16(3-5-18(13)17-4-6-19(26)23-12-17)20-14(2)24-25-21(20)15-7-9-22-10-8-15/h3-12H,1-2H3,(H,23,26)(H,24,25). The van der Waals surface area contributed by atoms with Gasteiger partial charge in [-0.05, 0) is 54.3 Å². The number of benzene rings is 1. The number of nitrogens with zero attached hydrogens (tertiary/aromatic N) is 2. The van der Waals surface area contributed by atoms with Crippen molar-refractivity contribution in [3.8, 4) is 33.5 Å². The van der Waals surface area contributed by atoms with Crippen molar-refractivity contribution < 1.29 is 0 Å². The van der Waals surface area contributed by atoms with E-state index in [1.165, 1.54) is 0 Å². The summed E-state index contributed by atoms with van der Waals surface area (Å²) in [6.07, 6.45) is 5.29. The minimum Gasteiger partial charge on any atom is -0.328 e. The van der Waals surface area contributed by atoms with Gasteiger partial charge in [0, 0.05) is 41.5 Å². The Morgan fingerprint density at radius 2 is 1.65 bits per heavy atom. The molecule has 0 bridgehead atoms. The molecule has 5 nitrogen and oxygen atoms in total. The van der Waals surface area contributed by atoms with Crippen LogP contribution in [0, 0.1) is 13.8 Å². The first kappa shape index (κ1) is 16.0. The second kappa shape index (κ2) is 6.44. The van der Waals surface area contributed by atoms with Crippen LogP contribution in [0.4, 0.5) is 0 Å². The summed E-state index contributed by atoms with van der Waals surface area (Å²) in [7, 11) is 0. The average molecular weight is 342 g/mol. The molecule has 5 heteroatoms. The maximum Gasteiger partial charge on any atom is 0.247 e. The van der Waals surface area contributed by atoms with E-state index < -0.39 is 0 Å². The first-order valence-electron chi connectivity index (χ1n) is 8.39. The van der Waals surface area contributed by atoms with E-state index >= 15 is 0 Å². The molecule has 0 aliphatic rings. The van der Waals surface area contributed by atoms with E-state index in [0.717, 1.165) is 44.8 Å². The lowest BCUT2D eigenvalue weighted by molar-refractivity contribution is 1.05. The van der Waals surface area contributed by atoms with Gasteiger partial charge < -0.3 is 4.98 Å². The molecule has 4 rings (SSSR count). The Balaban J connectivity index is 1.81. The predicted octanol–water partition coefficient (Wildman–Crippen LogP) is 4.11. The first-order valence-corrected chi connectivity index (χ1v) is 8.39. The first-order chi connectivity index (χ1) is 12.6. The minimum absolute atomic E-state index is 0.0981. The highest BCUT2D eigenvalue weighted by molar-refractivity contribution is 5.84. The van der Waals surface area contributed by atoms with Crippen molar-refractivity contribution in [2.45, 2.75) is 13.8 Å². The van der Waals surface area contributed by atoms with Gasteiger partial charge in [-0.2, -0.15) is 5.10 Å². The van der Waals surface area contributed by atoms with Crippen LogP contribution in [0.2, 0.25) is 0 Å². The van der Waals surface area contributed by atoms with Gasteiger partial charge in [-0.3, -0.25) is 14.9 Å². The van der Waals surface area contributed by atoms with E-state index in [2.05, 4.69) is 45.3 Å². The number of nitrogens with one attached hydrogen (secondary N) is 2. The van der Waals surface area contributed by atoms with Crippen molar-refractivity contribution in [3.05, 3.63) is 82.7 Å². The smallest absolute Gasteiger partial charge is 0.247 e. The molecule has 128 valence electrons. The highest BCUT2D eigenvalue weighted by atomic mass is 16.1. The number of hydrogen-bond acceptors (Lipinski definition) is 3. The quantitative estimate of drug-likeness (QED) is 0.588. The summed E-state index contributed by atoms with van der Waals surface area (Å²) in [6, 6.07) is 13.6. The van der Waals surface area contributed by atoms with E-state index in [1.807, 2.05) is 25.1 Å². The molecule has 0 saturated carbocycles. The Labute approximate surface area is 150 Å². The number of hydrogen-bond donors (Lipinski definition) is 2. The van der Waals surface area contributed by atoms with Crippen molar-refractivity contribution >= 4 is 0 Å². The van der Waals surface area contributed by atoms with Crippen LogP contribution in [0.15, 0.2) is 65.8 Å². The molecule has 26 heavy (non-hydrogen) atoms. The van der Waals surface area contributed by atoms with Crippen molar-refractivity contribution in [2.75, 3.05) is 0 Å². The van der Waals surface area contributed by atoms with E-state index in [9.17, 15) is 4.79 Å². The molecule has 3 heterocycles. The van der Waals surface area contributed by atoms with Crippen LogP contribution in [-0.2, 0) is 0 Å². The van der Waals surface area contributed by atoms with Crippen LogP contribution in [0.25, 0.3) is 33.5 Å². The molecule has 2 N–H and O–H groups in total. The lowest BCUT2D eigenvalue weighted by Crippen LogP contribution is -2.01. The molecule has 0 aliphatic carbocycles. The van der Waals surface area contributed by atoms with Crippen molar-refractivity contribution in [1.82, 2.24) is 20.2 Å². The van der Waals surface area contributed by atoms with Gasteiger partial charge in [0.15, 0.2) is 0 Å². The van der Waals surface area contributed by atoms with Crippen LogP contribution >= 0.6 is 0 Å². The maximum atomic E-state index is 11.3. The van der Waals surface area contributed by atoms with Crippen molar-refractivity contribution in [3.63, 3.8) is 0 Å². The molecule has 4 aromatic rings. The summed E-state index contributed by atoms with van der Waals surface area (Å²) in [6.45, 7) is 4.10. The second-order valence-corrected chi connectivity index (χ2v) is 6.28. The summed E-state index contributed by atoms with van der Waals surface area (Å²) in [4.78, 5) is 18.1. The normalized spacial score (nSPS) is 10.8. The summed E-state index contributed by atoms with van der Waals surface area (Å²) >= 11 is 0. The molecule has 0 atom stereocenters. The van der Waals surface area contributed by atoms with Crippen LogP contribution in [0.5, 0.6) is 0 Å². The Morgan fingerprint density at radius 3 is 2.35 bits per heavy atom. The fourth-order valence-electron chi connectivity index (χ4n) is 3.22. The summed E-state index contributed by atoms with van der Waals surface area (Å²) < 4.78 is 0. The molecular weight excluding hydrogens is 324 g/mol. The fraction of sp³-hybridized carbons (Fsp3) is 0.0952. The van der Waals surface area contributed by atoms with Gasteiger partial charge in [-0.25, -0.2) is 0 Å². The molecule has 0 saturated heterocycles. The van der Waals surface area contributed by atoms with E-state index in [0.29, 0.717) is 0 Å². The van der Waals surface area contributed by atoms with Gasteiger partial charge >= 0.3 is 0 Å². The average Bonchev–Trinajstić information content (AvgIpc) is 3.05. The van der Waals surface area contributed by atoms with Crippen LogP contribution in [0.1, 0.15) is 11.3 Å². The van der Waals surface area contributed by atoms with Crippen LogP contribution in [0.3, 0.4) is 0 Å². The number of aryl methyl sites for hydroxylation is 2. The van der Waals surface area contributed by atoms with Gasteiger partial charge in [0.25, 0.3) is 0 Å². The van der Waals surface area contributed by atoms with Gasteiger partial charge in [0.2, 0.25) is 5.56 Å². The molecule has 0 aliphatic heterocycles. The zero-order valence-corrected chi connectivity index (χ0v) is 14.6. The zero-order chi connectivity index (χ0) is 18.1. The van der Waals surface area contributed by atoms with Gasteiger partial charge in [0.1, 0.15) is 5.69 Å². The molecule has 0 spiro atoms. The molecule has 0 unspecified atom stereocenters.